The minimum Gasteiger partial charge on any atom is -0.490 e. The quantitative estimate of drug-likeness (QED) is 0.845. The van der Waals surface area contributed by atoms with Gasteiger partial charge < -0.3 is 24.6 Å². The highest BCUT2D eigenvalue weighted by Gasteiger charge is 2.36. The van der Waals surface area contributed by atoms with Gasteiger partial charge in [0.05, 0.1) is 24.9 Å². The van der Waals surface area contributed by atoms with Crippen LogP contribution in [0.15, 0.2) is 42.5 Å². The van der Waals surface area contributed by atoms with E-state index >= 15 is 0 Å². The molecule has 2 heterocycles. The Balaban J connectivity index is 1.38. The van der Waals surface area contributed by atoms with E-state index in [1.54, 1.807) is 18.2 Å². The van der Waals surface area contributed by atoms with Gasteiger partial charge in [0.25, 0.3) is 0 Å². The number of rotatable bonds is 4. The standard InChI is InChI=1S/C22H26FNO4/c23-18-5-2-1-4-17(18)22(26)8-10-24(11-9-22)15-19(25)16-6-7-20-21(14-16)28-13-3-12-27-20/h1-2,4-7,14,19,25-26H,3,8-13,15H2/t19-/m0/s1. The Labute approximate surface area is 164 Å². The second-order valence-corrected chi connectivity index (χ2v) is 7.58. The number of ether oxygens (including phenoxy) is 2. The number of fused-ring (bicyclic) bond motifs is 1. The lowest BCUT2D eigenvalue weighted by molar-refractivity contribution is -0.0367. The molecule has 2 aromatic carbocycles. The van der Waals surface area contributed by atoms with Gasteiger partial charge in [0.2, 0.25) is 0 Å². The van der Waals surface area contributed by atoms with Gasteiger partial charge in [0.1, 0.15) is 5.82 Å². The predicted octanol–water partition coefficient (Wildman–Crippen LogP) is 3.00. The molecule has 1 fully saturated rings. The van der Waals surface area contributed by atoms with Crippen LogP contribution < -0.4 is 9.47 Å². The molecule has 0 aromatic heterocycles. The highest BCUT2D eigenvalue weighted by Crippen LogP contribution is 2.36. The fourth-order valence-electron chi connectivity index (χ4n) is 3.95. The number of hydrogen-bond donors (Lipinski definition) is 2. The maximum atomic E-state index is 14.1. The molecule has 0 saturated carbocycles. The van der Waals surface area contributed by atoms with Crippen LogP contribution in [0.5, 0.6) is 11.5 Å². The predicted molar refractivity (Wildman–Crippen MR) is 103 cm³/mol. The number of benzene rings is 2. The first-order chi connectivity index (χ1) is 13.5. The zero-order valence-corrected chi connectivity index (χ0v) is 15.8. The summed E-state index contributed by atoms with van der Waals surface area (Å²) in [6.45, 7) is 2.87. The van der Waals surface area contributed by atoms with Crippen LogP contribution in [0.1, 0.15) is 36.5 Å². The van der Waals surface area contributed by atoms with E-state index in [2.05, 4.69) is 4.90 Å². The fraction of sp³-hybridized carbons (Fsp3) is 0.455. The van der Waals surface area contributed by atoms with Crippen molar-refractivity contribution in [2.75, 3.05) is 32.8 Å². The van der Waals surface area contributed by atoms with E-state index in [9.17, 15) is 14.6 Å². The van der Waals surface area contributed by atoms with Crippen molar-refractivity contribution < 1.29 is 24.1 Å². The molecule has 0 aliphatic carbocycles. The van der Waals surface area contributed by atoms with Gasteiger partial charge in [-0.1, -0.05) is 24.3 Å². The summed E-state index contributed by atoms with van der Waals surface area (Å²) in [6, 6.07) is 11.9. The third-order valence-corrected chi connectivity index (χ3v) is 5.65. The second kappa shape index (κ2) is 8.07. The van der Waals surface area contributed by atoms with Gasteiger partial charge in [-0.25, -0.2) is 4.39 Å². The summed E-state index contributed by atoms with van der Waals surface area (Å²) in [4.78, 5) is 2.10. The number of halogens is 1. The molecule has 0 radical (unpaired) electrons. The van der Waals surface area contributed by atoms with Crippen molar-refractivity contribution in [3.05, 3.63) is 59.4 Å². The summed E-state index contributed by atoms with van der Waals surface area (Å²) >= 11 is 0. The zero-order chi connectivity index (χ0) is 19.6. The zero-order valence-electron chi connectivity index (χ0n) is 15.8. The molecule has 2 aliphatic rings. The van der Waals surface area contributed by atoms with Gasteiger partial charge in [-0.2, -0.15) is 0 Å². The molecular weight excluding hydrogens is 361 g/mol. The number of aliphatic hydroxyl groups excluding tert-OH is 1. The Morgan fingerprint density at radius 3 is 2.50 bits per heavy atom. The molecule has 0 bridgehead atoms. The summed E-state index contributed by atoms with van der Waals surface area (Å²) in [5.41, 5.74) is -0.0144. The van der Waals surface area contributed by atoms with Crippen molar-refractivity contribution in [3.63, 3.8) is 0 Å². The SMILES string of the molecule is O[C@@H](CN1CCC(O)(c2ccccc2F)CC1)c1ccc2c(c1)OCCCO2. The molecule has 1 atom stereocenters. The van der Waals surface area contributed by atoms with Crippen LogP contribution in [0.3, 0.4) is 0 Å². The molecule has 2 N–H and O–H groups in total. The summed E-state index contributed by atoms with van der Waals surface area (Å²) in [7, 11) is 0. The molecule has 2 aliphatic heterocycles. The van der Waals surface area contributed by atoms with Crippen molar-refractivity contribution in [1.29, 1.82) is 0 Å². The maximum absolute atomic E-state index is 14.1. The Hall–Kier alpha value is -2.15. The minimum absolute atomic E-state index is 0.359. The summed E-state index contributed by atoms with van der Waals surface area (Å²) in [5.74, 6) is 1.01. The van der Waals surface area contributed by atoms with Gasteiger partial charge >= 0.3 is 0 Å². The number of β-amino-alcohol motifs (C(OH)–C–C–N with tert-alkyl or cyclic N) is 1. The molecule has 150 valence electrons. The van der Waals surface area contributed by atoms with Crippen LogP contribution in [-0.4, -0.2) is 48.0 Å². The van der Waals surface area contributed by atoms with Gasteiger partial charge in [-0.05, 0) is 36.6 Å². The average Bonchev–Trinajstić information content (AvgIpc) is 2.95. The fourth-order valence-corrected chi connectivity index (χ4v) is 3.95. The first-order valence-corrected chi connectivity index (χ1v) is 9.82. The number of aliphatic hydroxyl groups is 2. The third-order valence-electron chi connectivity index (χ3n) is 5.65. The molecule has 6 heteroatoms. The lowest BCUT2D eigenvalue weighted by Crippen LogP contribution is -2.44. The monoisotopic (exact) mass is 387 g/mol. The Kier molecular flexibility index (Phi) is 5.53. The molecule has 5 nitrogen and oxygen atoms in total. The lowest BCUT2D eigenvalue weighted by atomic mass is 9.84. The molecule has 4 rings (SSSR count). The largest absolute Gasteiger partial charge is 0.490 e. The topological polar surface area (TPSA) is 62.2 Å². The van der Waals surface area contributed by atoms with Crippen LogP contribution in [-0.2, 0) is 5.60 Å². The van der Waals surface area contributed by atoms with Crippen LogP contribution in [0.25, 0.3) is 0 Å². The van der Waals surface area contributed by atoms with Gasteiger partial charge in [-0.15, -0.1) is 0 Å². The average molecular weight is 387 g/mol. The van der Waals surface area contributed by atoms with E-state index in [0.717, 1.165) is 12.0 Å². The number of hydrogen-bond acceptors (Lipinski definition) is 5. The van der Waals surface area contributed by atoms with Crippen molar-refractivity contribution >= 4 is 0 Å². The Morgan fingerprint density at radius 2 is 1.75 bits per heavy atom. The maximum Gasteiger partial charge on any atom is 0.161 e. The Bertz CT molecular complexity index is 820. The van der Waals surface area contributed by atoms with Gasteiger partial charge in [0.15, 0.2) is 11.5 Å². The van der Waals surface area contributed by atoms with Crippen LogP contribution in [0.4, 0.5) is 4.39 Å². The van der Waals surface area contributed by atoms with Crippen molar-refractivity contribution in [1.82, 2.24) is 4.90 Å². The first-order valence-electron chi connectivity index (χ1n) is 9.82. The van der Waals surface area contributed by atoms with E-state index in [4.69, 9.17) is 9.47 Å². The third kappa shape index (κ3) is 3.99. The molecule has 0 unspecified atom stereocenters. The number of piperidine rings is 1. The highest BCUT2D eigenvalue weighted by atomic mass is 19.1. The van der Waals surface area contributed by atoms with Crippen molar-refractivity contribution in [2.24, 2.45) is 0 Å². The minimum atomic E-state index is -1.15. The van der Waals surface area contributed by atoms with Crippen LogP contribution >= 0.6 is 0 Å². The Morgan fingerprint density at radius 1 is 1.04 bits per heavy atom. The van der Waals surface area contributed by atoms with Gasteiger partial charge in [-0.3, -0.25) is 0 Å². The normalized spacial score (nSPS) is 20.4. The lowest BCUT2D eigenvalue weighted by Gasteiger charge is -2.39. The van der Waals surface area contributed by atoms with Crippen molar-refractivity contribution in [3.8, 4) is 11.5 Å². The summed E-state index contributed by atoms with van der Waals surface area (Å²) < 4.78 is 25.4. The van der Waals surface area contributed by atoms with E-state index in [-0.39, 0.29) is 5.82 Å². The molecule has 1 saturated heterocycles. The first kappa shape index (κ1) is 19.2. The summed E-state index contributed by atoms with van der Waals surface area (Å²) in [5, 5.41) is 21.6. The summed E-state index contributed by atoms with van der Waals surface area (Å²) in [6.07, 6.45) is 1.03. The van der Waals surface area contributed by atoms with Crippen LogP contribution in [0, 0.1) is 5.82 Å². The molecule has 0 spiro atoms. The smallest absolute Gasteiger partial charge is 0.161 e. The molecule has 0 amide bonds. The van der Waals surface area contributed by atoms with E-state index in [1.165, 1.54) is 6.07 Å². The number of nitrogens with zero attached hydrogens (tertiary/aromatic N) is 1. The van der Waals surface area contributed by atoms with Gasteiger partial charge in [0, 0.05) is 31.6 Å². The van der Waals surface area contributed by atoms with Crippen molar-refractivity contribution in [2.45, 2.75) is 31.0 Å². The van der Waals surface area contributed by atoms with E-state index < -0.39 is 11.7 Å². The number of likely N-dealkylation sites (tertiary alicyclic amines) is 1. The van der Waals surface area contributed by atoms with E-state index in [0.29, 0.717) is 62.8 Å². The van der Waals surface area contributed by atoms with Crippen LogP contribution in [0.2, 0.25) is 0 Å². The molecular formula is C22H26FNO4. The highest BCUT2D eigenvalue weighted by molar-refractivity contribution is 5.44. The molecule has 2 aromatic rings. The second-order valence-electron chi connectivity index (χ2n) is 7.58. The van der Waals surface area contributed by atoms with E-state index in [1.807, 2.05) is 18.2 Å². The molecule has 28 heavy (non-hydrogen) atoms.